The molecule has 3 rings (SSSR count). The minimum atomic E-state index is -0.830. The molecule has 5 nitrogen and oxygen atoms in total. The van der Waals surface area contributed by atoms with Gasteiger partial charge in [0, 0.05) is 23.9 Å². The van der Waals surface area contributed by atoms with E-state index in [-0.39, 0.29) is 5.91 Å². The Morgan fingerprint density at radius 3 is 1.67 bits per heavy atom. The summed E-state index contributed by atoms with van der Waals surface area (Å²) in [6.07, 6.45) is 14.1. The molecule has 156 valence electrons. The number of hydrogen-bond donors (Lipinski definition) is 2. The maximum Gasteiger partial charge on any atom is 0.254 e. The quantitative estimate of drug-likeness (QED) is 0.626. The molecule has 0 atom stereocenters. The van der Waals surface area contributed by atoms with Crippen LogP contribution in [0.5, 0.6) is 0 Å². The Hall–Kier alpha value is -0.650. The Morgan fingerprint density at radius 1 is 0.815 bits per heavy atom. The first-order valence-corrected chi connectivity index (χ1v) is 11.1. The largest absolute Gasteiger partial charge is 0.339 e. The van der Waals surface area contributed by atoms with Gasteiger partial charge in [-0.3, -0.25) is 4.79 Å². The summed E-state index contributed by atoms with van der Waals surface area (Å²) in [6, 6.07) is 0. The maximum atomic E-state index is 13.2. The molecule has 2 saturated heterocycles. The van der Waals surface area contributed by atoms with Crippen LogP contribution in [0.4, 0.5) is 0 Å². The molecule has 2 spiro atoms. The zero-order valence-electron chi connectivity index (χ0n) is 17.9. The van der Waals surface area contributed by atoms with Crippen LogP contribution in [0.3, 0.4) is 0 Å². The Labute approximate surface area is 165 Å². The van der Waals surface area contributed by atoms with Crippen molar-refractivity contribution in [2.24, 2.45) is 0 Å². The van der Waals surface area contributed by atoms with Crippen molar-refractivity contribution in [3.8, 4) is 0 Å². The Balaban J connectivity index is 1.80. The van der Waals surface area contributed by atoms with Crippen molar-refractivity contribution in [3.05, 3.63) is 0 Å². The smallest absolute Gasteiger partial charge is 0.254 e. The molecule has 0 radical (unpaired) electrons. The number of nitrogens with one attached hydrogen (secondary N) is 1. The van der Waals surface area contributed by atoms with Gasteiger partial charge >= 0.3 is 0 Å². The van der Waals surface area contributed by atoms with Crippen LogP contribution in [0.25, 0.3) is 0 Å². The van der Waals surface area contributed by atoms with Gasteiger partial charge in [0.15, 0.2) is 5.60 Å². The van der Waals surface area contributed by atoms with Crippen molar-refractivity contribution in [2.75, 3.05) is 0 Å². The molecule has 0 aromatic heterocycles. The molecule has 2 N–H and O–H groups in total. The van der Waals surface area contributed by atoms with Crippen LogP contribution in [-0.4, -0.2) is 38.6 Å². The van der Waals surface area contributed by atoms with Crippen LogP contribution in [0, 0.1) is 0 Å². The number of carbonyl (C=O) groups is 1. The molecule has 3 fully saturated rings. The predicted molar refractivity (Wildman–Crippen MR) is 106 cm³/mol. The summed E-state index contributed by atoms with van der Waals surface area (Å²) < 4.78 is 6.76. The number of rotatable bonds is 0. The van der Waals surface area contributed by atoms with Gasteiger partial charge in [-0.25, -0.2) is 0 Å². The van der Waals surface area contributed by atoms with E-state index in [0.717, 1.165) is 25.7 Å². The van der Waals surface area contributed by atoms with Crippen molar-refractivity contribution >= 4 is 5.91 Å². The summed E-state index contributed by atoms with van der Waals surface area (Å²) in [4.78, 5) is 13.2. The molecule has 5 heteroatoms. The summed E-state index contributed by atoms with van der Waals surface area (Å²) in [5, 5.41) is 15.4. The van der Waals surface area contributed by atoms with E-state index in [1.165, 1.54) is 50.0 Å². The number of amides is 1. The highest BCUT2D eigenvalue weighted by atomic mass is 16.6. The predicted octanol–water partition coefficient (Wildman–Crippen LogP) is 4.91. The second kappa shape index (κ2) is 7.64. The number of ether oxygens (including phenoxy) is 1. The van der Waals surface area contributed by atoms with Crippen molar-refractivity contribution in [2.45, 2.75) is 134 Å². The van der Waals surface area contributed by atoms with Crippen LogP contribution in [0.2, 0.25) is 0 Å². The maximum absolute atomic E-state index is 13.2. The normalized spacial score (nSPS) is 31.2. The van der Waals surface area contributed by atoms with Crippen LogP contribution < -0.4 is 5.32 Å². The van der Waals surface area contributed by atoms with Crippen molar-refractivity contribution < 1.29 is 14.7 Å². The van der Waals surface area contributed by atoms with Gasteiger partial charge in [0.05, 0.1) is 0 Å². The summed E-state index contributed by atoms with van der Waals surface area (Å²) in [6.45, 7) is 7.99. The summed E-state index contributed by atoms with van der Waals surface area (Å²) in [5.74, 6) is 0.0313. The van der Waals surface area contributed by atoms with E-state index in [2.05, 4.69) is 5.32 Å². The lowest BCUT2D eigenvalue weighted by Gasteiger charge is -2.54. The van der Waals surface area contributed by atoms with Crippen LogP contribution in [-0.2, 0) is 9.53 Å². The second-order valence-electron chi connectivity index (χ2n) is 10.5. The van der Waals surface area contributed by atoms with Gasteiger partial charge in [-0.15, -0.1) is 0 Å². The number of hydrogen-bond acceptors (Lipinski definition) is 4. The lowest BCUT2D eigenvalue weighted by atomic mass is 9.72. The highest BCUT2D eigenvalue weighted by Gasteiger charge is 2.63. The Morgan fingerprint density at radius 2 is 1.22 bits per heavy atom. The van der Waals surface area contributed by atoms with Gasteiger partial charge < -0.3 is 15.3 Å². The van der Waals surface area contributed by atoms with Gasteiger partial charge in [-0.2, -0.15) is 5.06 Å². The van der Waals surface area contributed by atoms with E-state index in [0.29, 0.717) is 12.8 Å². The summed E-state index contributed by atoms with van der Waals surface area (Å²) >= 11 is 0. The van der Waals surface area contributed by atoms with E-state index in [4.69, 9.17) is 4.74 Å². The van der Waals surface area contributed by atoms with Gasteiger partial charge in [0.1, 0.15) is 5.72 Å². The highest BCUT2D eigenvalue weighted by Crippen LogP contribution is 2.49. The molecule has 2 aliphatic heterocycles. The molecular weight excluding hydrogens is 340 g/mol. The summed E-state index contributed by atoms with van der Waals surface area (Å²) in [5.41, 5.74) is -2.35. The molecule has 0 aromatic rings. The monoisotopic (exact) mass is 380 g/mol. The molecule has 27 heavy (non-hydrogen) atoms. The van der Waals surface area contributed by atoms with Crippen molar-refractivity contribution in [3.63, 3.8) is 0 Å². The van der Waals surface area contributed by atoms with Crippen molar-refractivity contribution in [1.82, 2.24) is 10.4 Å². The third-order valence-corrected chi connectivity index (χ3v) is 6.89. The topological polar surface area (TPSA) is 61.8 Å². The van der Waals surface area contributed by atoms with Crippen molar-refractivity contribution in [1.29, 1.82) is 0 Å². The van der Waals surface area contributed by atoms with E-state index in [9.17, 15) is 10.0 Å². The standard InChI is InChI=1S/C22H40N2O3/c1-19(2)16-21(17-20(3,4)24(19)26)18(25)23-22(27-21)14-12-10-8-6-5-7-9-11-13-15-22/h26H,5-17H2,1-4H3,(H,23,25). The average Bonchev–Trinajstić information content (AvgIpc) is 2.80. The number of carbonyl (C=O) groups excluding carboxylic acids is 1. The minimum absolute atomic E-state index is 0.0313. The minimum Gasteiger partial charge on any atom is -0.339 e. The molecule has 0 unspecified atom stereocenters. The zero-order chi connectivity index (χ0) is 19.8. The molecular formula is C22H40N2O3. The first kappa shape index (κ1) is 21.1. The molecule has 1 saturated carbocycles. The fraction of sp³-hybridized carbons (Fsp3) is 0.955. The third-order valence-electron chi connectivity index (χ3n) is 6.89. The number of nitrogens with zero attached hydrogens (tertiary/aromatic N) is 1. The van der Waals surface area contributed by atoms with Crippen LogP contribution in [0.1, 0.15) is 111 Å². The molecule has 1 amide bonds. The first-order valence-electron chi connectivity index (χ1n) is 11.1. The molecule has 3 aliphatic rings. The zero-order valence-corrected chi connectivity index (χ0v) is 17.9. The Bertz CT molecular complexity index is 514. The number of piperidine rings is 1. The number of hydroxylamine groups is 2. The second-order valence-corrected chi connectivity index (χ2v) is 10.5. The van der Waals surface area contributed by atoms with E-state index < -0.39 is 22.4 Å². The van der Waals surface area contributed by atoms with Gasteiger partial charge in [0.2, 0.25) is 0 Å². The fourth-order valence-electron chi connectivity index (χ4n) is 5.84. The van der Waals surface area contributed by atoms with Gasteiger partial charge in [0.25, 0.3) is 5.91 Å². The molecule has 0 bridgehead atoms. The highest BCUT2D eigenvalue weighted by molar-refractivity contribution is 5.88. The Kier molecular flexibility index (Phi) is 5.96. The van der Waals surface area contributed by atoms with Crippen LogP contribution in [0.15, 0.2) is 0 Å². The average molecular weight is 381 g/mol. The molecule has 0 aromatic carbocycles. The summed E-state index contributed by atoms with van der Waals surface area (Å²) in [7, 11) is 0. The lowest BCUT2D eigenvalue weighted by molar-refractivity contribution is -0.282. The SMILES string of the molecule is CC1(C)CC2(CC(C)(C)N1O)OC1(CCCCCCCCCCC1)NC2=O. The van der Waals surface area contributed by atoms with Gasteiger partial charge in [-0.1, -0.05) is 44.9 Å². The first-order chi connectivity index (χ1) is 12.6. The third kappa shape index (κ3) is 4.35. The fourth-order valence-corrected chi connectivity index (χ4v) is 5.84. The van der Waals surface area contributed by atoms with E-state index >= 15 is 0 Å². The van der Waals surface area contributed by atoms with E-state index in [1.54, 1.807) is 0 Å². The molecule has 2 heterocycles. The van der Waals surface area contributed by atoms with Crippen LogP contribution >= 0.6 is 0 Å². The van der Waals surface area contributed by atoms with Gasteiger partial charge in [-0.05, 0) is 53.4 Å². The lowest BCUT2D eigenvalue weighted by Crippen LogP contribution is -2.66. The molecule has 1 aliphatic carbocycles. The van der Waals surface area contributed by atoms with E-state index in [1.807, 2.05) is 27.7 Å².